The first-order valence-electron chi connectivity index (χ1n) is 14.6. The van der Waals surface area contributed by atoms with Gasteiger partial charge in [0, 0.05) is 18.1 Å². The number of rotatable bonds is 8. The first-order valence-corrected chi connectivity index (χ1v) is 14.6. The van der Waals surface area contributed by atoms with Crippen molar-refractivity contribution in [2.75, 3.05) is 5.32 Å². The summed E-state index contributed by atoms with van der Waals surface area (Å²) < 4.78 is 0. The van der Waals surface area contributed by atoms with E-state index in [1.807, 2.05) is 65.3 Å². The molecule has 0 heterocycles. The summed E-state index contributed by atoms with van der Waals surface area (Å²) in [5.41, 5.74) is 7.79. The Morgan fingerprint density at radius 1 is 0.951 bits per heavy atom. The van der Waals surface area contributed by atoms with Crippen LogP contribution in [0.4, 0.5) is 5.69 Å². The summed E-state index contributed by atoms with van der Waals surface area (Å²) >= 11 is 0. The van der Waals surface area contributed by atoms with Crippen molar-refractivity contribution in [3.8, 4) is 0 Å². The van der Waals surface area contributed by atoms with Gasteiger partial charge >= 0.3 is 51.4 Å². The number of allylic oxidation sites excluding steroid dienone is 2. The van der Waals surface area contributed by atoms with Crippen LogP contribution < -0.4 is 56.7 Å². The third-order valence-electron chi connectivity index (χ3n) is 5.91. The second-order valence-corrected chi connectivity index (χ2v) is 9.56. The topological polar surface area (TPSA) is 53.8 Å². The van der Waals surface area contributed by atoms with Gasteiger partial charge in [0.05, 0.1) is 12.0 Å². The molecule has 0 spiro atoms. The molecule has 2 rings (SSSR count). The van der Waals surface area contributed by atoms with Crippen LogP contribution in [0.15, 0.2) is 64.9 Å². The summed E-state index contributed by atoms with van der Waals surface area (Å²) in [5.74, 6) is 1.28. The van der Waals surface area contributed by atoms with Crippen molar-refractivity contribution in [2.45, 2.75) is 102 Å². The zero-order chi connectivity index (χ0) is 31.1. The van der Waals surface area contributed by atoms with Gasteiger partial charge in [-0.05, 0) is 56.9 Å². The van der Waals surface area contributed by atoms with E-state index in [4.69, 9.17) is 0 Å². The summed E-state index contributed by atoms with van der Waals surface area (Å²) in [7, 11) is 0. The molecule has 5 heteroatoms. The second kappa shape index (κ2) is 27.2. The third kappa shape index (κ3) is 20.0. The minimum Gasteiger partial charge on any atom is -0.376 e. The summed E-state index contributed by atoms with van der Waals surface area (Å²) in [6.45, 7) is 28.3. The monoisotopic (exact) mass is 584 g/mol. The van der Waals surface area contributed by atoms with E-state index in [1.54, 1.807) is 12.3 Å². The van der Waals surface area contributed by atoms with Gasteiger partial charge in [-0.3, -0.25) is 4.99 Å². The molecule has 0 radical (unpaired) electrons. The Bertz CT molecular complexity index is 1110. The molecule has 2 aromatic rings. The van der Waals surface area contributed by atoms with E-state index in [2.05, 4.69) is 88.9 Å². The van der Waals surface area contributed by atoms with E-state index < -0.39 is 0 Å². The normalized spacial score (nSPS) is 12.0. The molecule has 1 atom stereocenters. The number of nitrogens with one attached hydrogen (secondary N) is 1. The maximum absolute atomic E-state index is 10.9. The molecule has 1 N–H and O–H groups in total. The van der Waals surface area contributed by atoms with E-state index in [0.717, 1.165) is 28.1 Å². The van der Waals surface area contributed by atoms with Crippen LogP contribution in [0.5, 0.6) is 0 Å². The van der Waals surface area contributed by atoms with Crippen molar-refractivity contribution in [3.05, 3.63) is 89.6 Å². The summed E-state index contributed by atoms with van der Waals surface area (Å²) in [6, 6.07) is 11.9. The van der Waals surface area contributed by atoms with Crippen LogP contribution >= 0.6 is 0 Å². The fraction of sp³-hybridized carbons (Fsp3) is 0.444. The molecule has 0 fully saturated rings. The number of unbranched alkanes of at least 4 members (excludes halogenated alkanes) is 1. The molecule has 4 nitrogen and oxygen atoms in total. The van der Waals surface area contributed by atoms with Gasteiger partial charge in [-0.2, -0.15) is 12.0 Å². The SMILES string of the molecule is C/C=C\N=C(Nc1ccc([C-]=O)c(C)c1)C(C)=N/C=C(\C)c1ccc(C)c(C)c1.CC.CCCC.[CH2-]C(C)CC.[K+]. The number of nitrogens with zero attached hydrogens (tertiary/aromatic N) is 2. The quantitative estimate of drug-likeness (QED) is 0.150. The molecular weight excluding hydrogens is 530 g/mol. The predicted molar refractivity (Wildman–Crippen MR) is 181 cm³/mol. The third-order valence-corrected chi connectivity index (χ3v) is 5.91. The molecule has 41 heavy (non-hydrogen) atoms. The van der Waals surface area contributed by atoms with Gasteiger partial charge in [0.2, 0.25) is 0 Å². The Hall–Kier alpha value is -1.63. The van der Waals surface area contributed by atoms with Gasteiger partial charge < -0.3 is 17.0 Å². The zero-order valence-electron chi connectivity index (χ0n) is 28.4. The number of hydrogen-bond acceptors (Lipinski definition) is 3. The van der Waals surface area contributed by atoms with Gasteiger partial charge in [-0.15, -0.1) is 11.1 Å². The van der Waals surface area contributed by atoms with Crippen LogP contribution in [0, 0.1) is 33.6 Å². The fourth-order valence-electron chi connectivity index (χ4n) is 2.67. The second-order valence-electron chi connectivity index (χ2n) is 9.56. The van der Waals surface area contributed by atoms with Crippen LogP contribution in [-0.4, -0.2) is 17.8 Å². The first-order chi connectivity index (χ1) is 19.0. The molecule has 0 aromatic heterocycles. The Morgan fingerprint density at radius 2 is 1.54 bits per heavy atom. The van der Waals surface area contributed by atoms with Gasteiger partial charge in [-0.25, -0.2) is 4.99 Å². The number of amidine groups is 1. The van der Waals surface area contributed by atoms with Crippen LogP contribution in [-0.2, 0) is 4.79 Å². The van der Waals surface area contributed by atoms with Crippen molar-refractivity contribution in [1.29, 1.82) is 0 Å². The maximum Gasteiger partial charge on any atom is 1.00 e. The largest absolute Gasteiger partial charge is 1.00 e. The summed E-state index contributed by atoms with van der Waals surface area (Å²) in [5, 5.41) is 3.29. The molecule has 0 amide bonds. The average Bonchev–Trinajstić information content (AvgIpc) is 2.96. The molecule has 2 aromatic carbocycles. The fourth-order valence-corrected chi connectivity index (χ4v) is 2.67. The molecule has 1 unspecified atom stereocenters. The van der Waals surface area contributed by atoms with Crippen molar-refractivity contribution in [3.63, 3.8) is 0 Å². The van der Waals surface area contributed by atoms with E-state index in [1.165, 1.54) is 30.4 Å². The maximum atomic E-state index is 10.9. The number of anilines is 1. The number of aryl methyl sites for hydroxylation is 3. The average molecular weight is 585 g/mol. The number of aliphatic imine (C=N–C) groups is 2. The summed E-state index contributed by atoms with van der Waals surface area (Å²) in [4.78, 5) is 20.0. The van der Waals surface area contributed by atoms with Crippen LogP contribution in [0.3, 0.4) is 0 Å². The minimum absolute atomic E-state index is 0. The van der Waals surface area contributed by atoms with Gasteiger partial charge in [0.15, 0.2) is 5.84 Å². The molecule has 0 aliphatic heterocycles. The molecule has 0 aliphatic rings. The van der Waals surface area contributed by atoms with Crippen molar-refractivity contribution in [2.24, 2.45) is 15.9 Å². The van der Waals surface area contributed by atoms with Gasteiger partial charge in [-0.1, -0.05) is 104 Å². The molecule has 222 valence electrons. The Balaban J connectivity index is -0.00000103. The summed E-state index contributed by atoms with van der Waals surface area (Å²) in [6.07, 6.45) is 11.2. The van der Waals surface area contributed by atoms with Gasteiger partial charge in [0.25, 0.3) is 0 Å². The molecule has 0 saturated carbocycles. The Kier molecular flexibility index (Phi) is 29.1. The van der Waals surface area contributed by atoms with Crippen molar-refractivity contribution in [1.82, 2.24) is 0 Å². The van der Waals surface area contributed by atoms with Gasteiger partial charge in [0.1, 0.15) is 0 Å². The van der Waals surface area contributed by atoms with Crippen LogP contribution in [0.2, 0.25) is 0 Å². The number of hydrogen-bond donors (Lipinski definition) is 1. The molecule has 0 bridgehead atoms. The van der Waals surface area contributed by atoms with Crippen LogP contribution in [0.1, 0.15) is 109 Å². The van der Waals surface area contributed by atoms with E-state index in [9.17, 15) is 4.79 Å². The standard InChI is InChI=1S/C25H28N3O.C5H11.C4H10.C2H6.K/c1-7-12-26-25(28-24-11-10-23(16-29)19(4)14-24)21(6)27-15-20(5)22-9-8-17(2)18(3)13-22;1-4-5(2)3;1-3-4-2;1-2;/h7-15H,1-6H3,(H,26,28);5H,2,4H2,1,3H3;3-4H2,1-2H3;1-2H3;/q2*-1;;;+1/b12-7-,20-15+,27-21?;;;;. The van der Waals surface area contributed by atoms with E-state index in [0.29, 0.717) is 17.3 Å². The molecular formula is C36H55KN3O-. The predicted octanol–water partition coefficient (Wildman–Crippen LogP) is 7.64. The molecule has 0 aliphatic carbocycles. The number of benzene rings is 2. The van der Waals surface area contributed by atoms with Crippen molar-refractivity contribution < 1.29 is 56.2 Å². The number of carbonyl (C=O) groups excluding carboxylic acids is 1. The zero-order valence-corrected chi connectivity index (χ0v) is 31.5. The first kappa shape index (κ1) is 43.8. The smallest absolute Gasteiger partial charge is 0.376 e. The van der Waals surface area contributed by atoms with Crippen LogP contribution in [0.25, 0.3) is 5.57 Å². The van der Waals surface area contributed by atoms with E-state index >= 15 is 0 Å². The Labute approximate surface area is 295 Å². The van der Waals surface area contributed by atoms with Crippen molar-refractivity contribution >= 4 is 29.1 Å². The Morgan fingerprint density at radius 3 is 1.98 bits per heavy atom. The molecule has 0 saturated heterocycles. The van der Waals surface area contributed by atoms with E-state index in [-0.39, 0.29) is 51.4 Å². The minimum atomic E-state index is 0.